The summed E-state index contributed by atoms with van der Waals surface area (Å²) in [5, 5.41) is 6.47. The van der Waals surface area contributed by atoms with Crippen molar-refractivity contribution in [3.05, 3.63) is 29.8 Å². The Labute approximate surface area is 175 Å². The lowest BCUT2D eigenvalue weighted by Crippen LogP contribution is -2.43. The molecule has 0 aliphatic rings. The zero-order chi connectivity index (χ0) is 18.9. The van der Waals surface area contributed by atoms with Gasteiger partial charge in [-0.1, -0.05) is 12.1 Å². The van der Waals surface area contributed by atoms with Crippen molar-refractivity contribution < 1.29 is 8.42 Å². The zero-order valence-electron chi connectivity index (χ0n) is 16.4. The average molecular weight is 496 g/mol. The molecule has 2 N–H and O–H groups in total. The van der Waals surface area contributed by atoms with Crippen LogP contribution in [0.15, 0.2) is 29.3 Å². The Morgan fingerprint density at radius 2 is 1.85 bits per heavy atom. The molecule has 0 aliphatic heterocycles. The molecule has 0 aliphatic carbocycles. The summed E-state index contributed by atoms with van der Waals surface area (Å²) in [6.07, 6.45) is 2.69. The number of nitrogens with zero attached hydrogens (tertiary/aromatic N) is 2. The number of guanidine groups is 1. The quantitative estimate of drug-likeness (QED) is 0.312. The van der Waals surface area contributed by atoms with Crippen LogP contribution in [0.1, 0.15) is 25.8 Å². The van der Waals surface area contributed by atoms with Crippen LogP contribution in [-0.2, 0) is 16.3 Å². The summed E-state index contributed by atoms with van der Waals surface area (Å²) >= 11 is 0. The molecule has 0 bridgehead atoms. The van der Waals surface area contributed by atoms with E-state index in [1.165, 1.54) is 17.5 Å². The zero-order valence-corrected chi connectivity index (χ0v) is 19.6. The molecule has 150 valence electrons. The summed E-state index contributed by atoms with van der Waals surface area (Å²) in [6, 6.07) is 8.51. The summed E-state index contributed by atoms with van der Waals surface area (Å²) in [4.78, 5) is 6.66. The summed E-state index contributed by atoms with van der Waals surface area (Å²) in [5.74, 6) is 0.909. The molecule has 1 aromatic carbocycles. The molecule has 1 unspecified atom stereocenters. The summed E-state index contributed by atoms with van der Waals surface area (Å²) in [6.45, 7) is 5.42. The van der Waals surface area contributed by atoms with Crippen molar-refractivity contribution >= 4 is 45.5 Å². The van der Waals surface area contributed by atoms with Gasteiger partial charge in [0.15, 0.2) is 5.96 Å². The van der Waals surface area contributed by atoms with Gasteiger partial charge in [0.2, 0.25) is 0 Å². The third-order valence-corrected chi connectivity index (χ3v) is 4.75. The van der Waals surface area contributed by atoms with E-state index >= 15 is 0 Å². The molecule has 1 atom stereocenters. The first kappa shape index (κ1) is 25.0. The number of nitrogens with one attached hydrogen (secondary N) is 2. The van der Waals surface area contributed by atoms with E-state index in [9.17, 15) is 8.42 Å². The summed E-state index contributed by atoms with van der Waals surface area (Å²) < 4.78 is 22.5. The van der Waals surface area contributed by atoms with Gasteiger partial charge in [-0.05, 0) is 44.4 Å². The lowest BCUT2D eigenvalue weighted by molar-refractivity contribution is 0.581. The van der Waals surface area contributed by atoms with Crippen LogP contribution < -0.4 is 15.5 Å². The van der Waals surface area contributed by atoms with E-state index in [0.717, 1.165) is 18.9 Å². The Morgan fingerprint density at radius 1 is 1.23 bits per heavy atom. The fraction of sp³-hybridized carbons (Fsp3) is 0.611. The SMILES string of the molecule is CCNC(=NCCc1ccc(N(C)C)cc1)NC(C)CCS(C)(=O)=O.I. The van der Waals surface area contributed by atoms with Crippen LogP contribution in [0.2, 0.25) is 0 Å². The van der Waals surface area contributed by atoms with Crippen molar-refractivity contribution in [2.45, 2.75) is 32.7 Å². The normalized spacial score (nSPS) is 12.9. The smallest absolute Gasteiger partial charge is 0.191 e. The lowest BCUT2D eigenvalue weighted by atomic mass is 10.1. The number of aliphatic imine (C=N–C) groups is 1. The molecule has 0 aromatic heterocycles. The van der Waals surface area contributed by atoms with Gasteiger partial charge in [0, 0.05) is 45.2 Å². The first-order valence-corrected chi connectivity index (χ1v) is 10.8. The van der Waals surface area contributed by atoms with Crippen LogP contribution >= 0.6 is 24.0 Å². The van der Waals surface area contributed by atoms with Gasteiger partial charge in [-0.2, -0.15) is 0 Å². The molecule has 1 rings (SSSR count). The fourth-order valence-corrected chi connectivity index (χ4v) is 3.06. The number of hydrogen-bond acceptors (Lipinski definition) is 4. The fourth-order valence-electron chi connectivity index (χ4n) is 2.27. The Morgan fingerprint density at radius 3 is 2.35 bits per heavy atom. The van der Waals surface area contributed by atoms with Gasteiger partial charge in [0.05, 0.1) is 5.75 Å². The van der Waals surface area contributed by atoms with Gasteiger partial charge in [0.25, 0.3) is 0 Å². The maximum atomic E-state index is 11.3. The lowest BCUT2D eigenvalue weighted by Gasteiger charge is -2.17. The highest BCUT2D eigenvalue weighted by Crippen LogP contribution is 2.12. The maximum absolute atomic E-state index is 11.3. The minimum atomic E-state index is -2.93. The van der Waals surface area contributed by atoms with E-state index in [1.807, 2.05) is 27.9 Å². The predicted molar refractivity (Wildman–Crippen MR) is 123 cm³/mol. The van der Waals surface area contributed by atoms with E-state index in [4.69, 9.17) is 0 Å². The third kappa shape index (κ3) is 10.8. The Balaban J connectivity index is 0.00000625. The van der Waals surface area contributed by atoms with Crippen molar-refractivity contribution in [2.75, 3.05) is 44.1 Å². The molecular formula is C18H33IN4O2S. The number of halogens is 1. The van der Waals surface area contributed by atoms with Crippen LogP contribution in [0.25, 0.3) is 0 Å². The Kier molecular flexibility index (Phi) is 11.9. The first-order valence-electron chi connectivity index (χ1n) is 8.70. The largest absolute Gasteiger partial charge is 0.378 e. The molecule has 0 fully saturated rings. The van der Waals surface area contributed by atoms with Gasteiger partial charge in [-0.15, -0.1) is 24.0 Å². The van der Waals surface area contributed by atoms with Crippen molar-refractivity contribution in [2.24, 2.45) is 4.99 Å². The molecule has 26 heavy (non-hydrogen) atoms. The average Bonchev–Trinajstić information content (AvgIpc) is 2.53. The topological polar surface area (TPSA) is 73.8 Å². The molecule has 0 radical (unpaired) electrons. The molecule has 0 saturated heterocycles. The van der Waals surface area contributed by atoms with Crippen LogP contribution in [0.3, 0.4) is 0 Å². The monoisotopic (exact) mass is 496 g/mol. The van der Waals surface area contributed by atoms with Gasteiger partial charge in [-0.25, -0.2) is 8.42 Å². The van der Waals surface area contributed by atoms with Crippen molar-refractivity contribution in [1.29, 1.82) is 0 Å². The molecule has 0 spiro atoms. The van der Waals surface area contributed by atoms with E-state index in [1.54, 1.807) is 0 Å². The van der Waals surface area contributed by atoms with Gasteiger partial charge in [0.1, 0.15) is 9.84 Å². The molecule has 8 heteroatoms. The van der Waals surface area contributed by atoms with Crippen LogP contribution in [0.4, 0.5) is 5.69 Å². The molecular weight excluding hydrogens is 463 g/mol. The summed E-state index contributed by atoms with van der Waals surface area (Å²) in [5.41, 5.74) is 2.43. The predicted octanol–water partition coefficient (Wildman–Crippen LogP) is 2.29. The van der Waals surface area contributed by atoms with Gasteiger partial charge in [-0.3, -0.25) is 4.99 Å². The molecule has 1 aromatic rings. The number of anilines is 1. The standard InChI is InChI=1S/C18H32N4O2S.HI/c1-6-19-18(21-15(2)12-14-25(5,23)24)20-13-11-16-7-9-17(10-8-16)22(3)4;/h7-10,15H,6,11-14H2,1-5H3,(H2,19,20,21);1H. The van der Waals surface area contributed by atoms with Crippen molar-refractivity contribution in [1.82, 2.24) is 10.6 Å². The van der Waals surface area contributed by atoms with Gasteiger partial charge >= 0.3 is 0 Å². The number of hydrogen-bond donors (Lipinski definition) is 2. The van der Waals surface area contributed by atoms with E-state index in [0.29, 0.717) is 13.0 Å². The number of benzene rings is 1. The van der Waals surface area contributed by atoms with E-state index < -0.39 is 9.84 Å². The van der Waals surface area contributed by atoms with Crippen LogP contribution in [0.5, 0.6) is 0 Å². The van der Waals surface area contributed by atoms with Gasteiger partial charge < -0.3 is 15.5 Å². The first-order chi connectivity index (χ1) is 11.7. The second-order valence-corrected chi connectivity index (χ2v) is 8.80. The second kappa shape index (κ2) is 12.4. The van der Waals surface area contributed by atoms with E-state index in [-0.39, 0.29) is 35.8 Å². The van der Waals surface area contributed by atoms with Crippen LogP contribution in [0, 0.1) is 0 Å². The second-order valence-electron chi connectivity index (χ2n) is 6.54. The minimum Gasteiger partial charge on any atom is -0.378 e. The molecule has 0 amide bonds. The maximum Gasteiger partial charge on any atom is 0.191 e. The number of rotatable bonds is 9. The highest BCUT2D eigenvalue weighted by atomic mass is 127. The molecule has 0 heterocycles. The van der Waals surface area contributed by atoms with Crippen molar-refractivity contribution in [3.63, 3.8) is 0 Å². The molecule has 6 nitrogen and oxygen atoms in total. The third-order valence-electron chi connectivity index (χ3n) is 3.77. The molecule has 0 saturated carbocycles. The van der Waals surface area contributed by atoms with Crippen molar-refractivity contribution in [3.8, 4) is 0 Å². The Hall–Kier alpha value is -1.03. The highest BCUT2D eigenvalue weighted by Gasteiger charge is 2.09. The number of sulfone groups is 1. The van der Waals surface area contributed by atoms with E-state index in [2.05, 4.69) is 44.8 Å². The van der Waals surface area contributed by atoms with Crippen LogP contribution in [-0.4, -0.2) is 59.6 Å². The Bertz CT molecular complexity index is 646. The minimum absolute atomic E-state index is 0. The highest BCUT2D eigenvalue weighted by molar-refractivity contribution is 14.0. The summed E-state index contributed by atoms with van der Waals surface area (Å²) in [7, 11) is 1.12.